The van der Waals surface area contributed by atoms with Gasteiger partial charge in [0.15, 0.2) is 0 Å². The first-order valence-corrected chi connectivity index (χ1v) is 8.09. The summed E-state index contributed by atoms with van der Waals surface area (Å²) >= 11 is 0. The van der Waals surface area contributed by atoms with Crippen LogP contribution in [0.3, 0.4) is 0 Å². The molecule has 23 heavy (non-hydrogen) atoms. The molecule has 0 saturated carbocycles. The molecular formula is C17H27Cl2N3O. The Balaban J connectivity index is 0.00000132. The third kappa shape index (κ3) is 4.75. The van der Waals surface area contributed by atoms with Gasteiger partial charge in [-0.15, -0.1) is 24.8 Å². The molecule has 130 valence electrons. The number of benzene rings is 1. The van der Waals surface area contributed by atoms with Gasteiger partial charge in [0.2, 0.25) is 5.91 Å². The molecule has 0 spiro atoms. The van der Waals surface area contributed by atoms with Crippen molar-refractivity contribution in [3.63, 3.8) is 0 Å². The van der Waals surface area contributed by atoms with Crippen LogP contribution in [0.4, 0.5) is 11.4 Å². The summed E-state index contributed by atoms with van der Waals surface area (Å²) in [6.45, 7) is 5.18. The predicted octanol–water partition coefficient (Wildman–Crippen LogP) is 3.60. The van der Waals surface area contributed by atoms with Crippen molar-refractivity contribution in [3.8, 4) is 0 Å². The Hall–Kier alpha value is -0.970. The van der Waals surface area contributed by atoms with E-state index in [1.54, 1.807) is 0 Å². The highest BCUT2D eigenvalue weighted by molar-refractivity contribution is 5.98. The second kappa shape index (κ2) is 8.76. The van der Waals surface area contributed by atoms with Crippen LogP contribution in [0.25, 0.3) is 0 Å². The van der Waals surface area contributed by atoms with E-state index in [-0.39, 0.29) is 30.7 Å². The first-order valence-electron chi connectivity index (χ1n) is 8.09. The van der Waals surface area contributed by atoms with E-state index in [1.165, 1.54) is 18.5 Å². The number of piperidine rings is 1. The maximum atomic E-state index is 12.5. The van der Waals surface area contributed by atoms with Crippen molar-refractivity contribution in [1.29, 1.82) is 0 Å². The number of carbonyl (C=O) groups excluding carboxylic acids is 1. The quantitative estimate of drug-likeness (QED) is 0.866. The van der Waals surface area contributed by atoms with Crippen LogP contribution >= 0.6 is 24.8 Å². The Morgan fingerprint density at radius 1 is 1.17 bits per heavy atom. The van der Waals surface area contributed by atoms with E-state index < -0.39 is 5.54 Å². The highest BCUT2D eigenvalue weighted by atomic mass is 35.5. The minimum absolute atomic E-state index is 0. The molecule has 1 amide bonds. The average Bonchev–Trinajstić information content (AvgIpc) is 3.02. The molecular weight excluding hydrogens is 333 g/mol. The largest absolute Gasteiger partial charge is 0.371 e. The number of carbonyl (C=O) groups is 1. The van der Waals surface area contributed by atoms with Gasteiger partial charge in [-0.1, -0.05) is 6.07 Å². The van der Waals surface area contributed by atoms with Crippen LogP contribution in [0.5, 0.6) is 0 Å². The Morgan fingerprint density at radius 2 is 1.91 bits per heavy atom. The molecule has 0 bridgehead atoms. The molecule has 2 aliphatic heterocycles. The number of halogens is 2. The molecule has 4 nitrogen and oxygen atoms in total. The fourth-order valence-electron chi connectivity index (χ4n) is 3.27. The molecule has 0 aromatic heterocycles. The zero-order valence-corrected chi connectivity index (χ0v) is 15.3. The molecule has 2 saturated heterocycles. The number of nitrogens with one attached hydrogen (secondary N) is 2. The SMILES string of the molecule is CC1(C(=O)Nc2cccc(N3CCCC3)c2)CCCCN1.Cl.Cl. The summed E-state index contributed by atoms with van der Waals surface area (Å²) in [5, 5.41) is 6.45. The molecule has 3 rings (SSSR count). The van der Waals surface area contributed by atoms with E-state index in [4.69, 9.17) is 0 Å². The molecule has 0 aliphatic carbocycles. The standard InChI is InChI=1S/C17H25N3O.2ClH/c1-17(9-2-3-10-18-17)16(21)19-14-7-6-8-15(13-14)20-11-4-5-12-20;;/h6-8,13,18H,2-5,9-12H2,1H3,(H,19,21);2*1H. The van der Waals surface area contributed by atoms with Crippen LogP contribution in [0.1, 0.15) is 39.0 Å². The third-order valence-electron chi connectivity index (χ3n) is 4.70. The lowest BCUT2D eigenvalue weighted by Gasteiger charge is -2.33. The summed E-state index contributed by atoms with van der Waals surface area (Å²) in [7, 11) is 0. The fourth-order valence-corrected chi connectivity index (χ4v) is 3.27. The van der Waals surface area contributed by atoms with Crippen molar-refractivity contribution >= 4 is 42.1 Å². The van der Waals surface area contributed by atoms with Crippen LogP contribution < -0.4 is 15.5 Å². The zero-order valence-electron chi connectivity index (χ0n) is 13.6. The summed E-state index contributed by atoms with van der Waals surface area (Å²) in [4.78, 5) is 14.9. The van der Waals surface area contributed by atoms with Crippen molar-refractivity contribution in [2.75, 3.05) is 29.9 Å². The third-order valence-corrected chi connectivity index (χ3v) is 4.70. The summed E-state index contributed by atoms with van der Waals surface area (Å²) in [5.74, 6) is 0.0840. The lowest BCUT2D eigenvalue weighted by molar-refractivity contribution is -0.122. The van der Waals surface area contributed by atoms with Crippen molar-refractivity contribution < 1.29 is 4.79 Å². The molecule has 1 aromatic rings. The van der Waals surface area contributed by atoms with Crippen LogP contribution in [0, 0.1) is 0 Å². The lowest BCUT2D eigenvalue weighted by atomic mass is 9.90. The lowest BCUT2D eigenvalue weighted by Crippen LogP contribution is -2.54. The molecule has 2 N–H and O–H groups in total. The Bertz CT molecular complexity index is 512. The van der Waals surface area contributed by atoms with Gasteiger partial charge in [0.1, 0.15) is 0 Å². The smallest absolute Gasteiger partial charge is 0.244 e. The molecule has 1 aromatic carbocycles. The predicted molar refractivity (Wildman–Crippen MR) is 101 cm³/mol. The van der Waals surface area contributed by atoms with Crippen LogP contribution in [-0.4, -0.2) is 31.1 Å². The highest BCUT2D eigenvalue weighted by Gasteiger charge is 2.34. The molecule has 2 heterocycles. The number of amides is 1. The van der Waals surface area contributed by atoms with Gasteiger partial charge in [-0.05, 0) is 63.8 Å². The minimum atomic E-state index is -0.429. The minimum Gasteiger partial charge on any atom is -0.371 e. The van der Waals surface area contributed by atoms with Gasteiger partial charge in [-0.2, -0.15) is 0 Å². The summed E-state index contributed by atoms with van der Waals surface area (Å²) in [6.07, 6.45) is 5.71. The van der Waals surface area contributed by atoms with Gasteiger partial charge in [0.05, 0.1) is 5.54 Å². The van der Waals surface area contributed by atoms with Crippen LogP contribution in [0.15, 0.2) is 24.3 Å². The topological polar surface area (TPSA) is 44.4 Å². The molecule has 1 unspecified atom stereocenters. The van der Waals surface area contributed by atoms with Gasteiger partial charge in [0, 0.05) is 24.5 Å². The number of hydrogen-bond donors (Lipinski definition) is 2. The van der Waals surface area contributed by atoms with Crippen LogP contribution in [-0.2, 0) is 4.79 Å². The van der Waals surface area contributed by atoms with Gasteiger partial charge < -0.3 is 15.5 Å². The van der Waals surface area contributed by atoms with Gasteiger partial charge in [-0.3, -0.25) is 4.79 Å². The van der Waals surface area contributed by atoms with E-state index in [0.717, 1.165) is 44.6 Å². The first kappa shape index (κ1) is 20.1. The van der Waals surface area contributed by atoms with Gasteiger partial charge >= 0.3 is 0 Å². The van der Waals surface area contributed by atoms with E-state index in [1.807, 2.05) is 19.1 Å². The maximum absolute atomic E-state index is 12.5. The van der Waals surface area contributed by atoms with Crippen LogP contribution in [0.2, 0.25) is 0 Å². The molecule has 2 aliphatic rings. The number of hydrogen-bond acceptors (Lipinski definition) is 3. The number of nitrogens with zero attached hydrogens (tertiary/aromatic N) is 1. The van der Waals surface area contributed by atoms with Crippen molar-refractivity contribution in [3.05, 3.63) is 24.3 Å². The summed E-state index contributed by atoms with van der Waals surface area (Å²) in [6, 6.07) is 8.22. The molecule has 0 radical (unpaired) electrons. The van der Waals surface area contributed by atoms with Gasteiger partial charge in [-0.25, -0.2) is 0 Å². The number of rotatable bonds is 3. The first-order chi connectivity index (χ1) is 10.2. The maximum Gasteiger partial charge on any atom is 0.244 e. The van der Waals surface area contributed by atoms with Crippen molar-refractivity contribution in [2.24, 2.45) is 0 Å². The second-order valence-corrected chi connectivity index (χ2v) is 6.41. The van der Waals surface area contributed by atoms with Gasteiger partial charge in [0.25, 0.3) is 0 Å². The Kier molecular flexibility index (Phi) is 7.65. The average molecular weight is 360 g/mol. The number of anilines is 2. The molecule has 6 heteroatoms. The Labute approximate surface area is 151 Å². The van der Waals surface area contributed by atoms with Crippen molar-refractivity contribution in [2.45, 2.75) is 44.6 Å². The normalized spacial score (nSPS) is 23.6. The van der Waals surface area contributed by atoms with Crippen molar-refractivity contribution in [1.82, 2.24) is 5.32 Å². The fraction of sp³-hybridized carbons (Fsp3) is 0.588. The van der Waals surface area contributed by atoms with E-state index in [0.29, 0.717) is 0 Å². The highest BCUT2D eigenvalue weighted by Crippen LogP contribution is 2.25. The summed E-state index contributed by atoms with van der Waals surface area (Å²) < 4.78 is 0. The van der Waals surface area contributed by atoms with E-state index in [2.05, 4.69) is 27.7 Å². The molecule has 2 fully saturated rings. The second-order valence-electron chi connectivity index (χ2n) is 6.41. The van der Waals surface area contributed by atoms with E-state index >= 15 is 0 Å². The summed E-state index contributed by atoms with van der Waals surface area (Å²) in [5.41, 5.74) is 1.69. The van der Waals surface area contributed by atoms with E-state index in [9.17, 15) is 4.79 Å². The Morgan fingerprint density at radius 3 is 2.57 bits per heavy atom. The zero-order chi connectivity index (χ0) is 14.7. The molecule has 1 atom stereocenters. The monoisotopic (exact) mass is 359 g/mol.